The number of aliphatic carboxylic acids is 1. The summed E-state index contributed by atoms with van der Waals surface area (Å²) < 4.78 is 33.1. The Balaban J connectivity index is 1.44. The van der Waals surface area contributed by atoms with E-state index in [0.29, 0.717) is 5.57 Å². The number of nitrogens with zero attached hydrogens (tertiary/aromatic N) is 9. The Morgan fingerprint density at radius 3 is 2.76 bits per heavy atom. The van der Waals surface area contributed by atoms with E-state index in [-0.39, 0.29) is 28.9 Å². The van der Waals surface area contributed by atoms with E-state index in [9.17, 15) is 27.9 Å². The van der Waals surface area contributed by atoms with Crippen molar-refractivity contribution >= 4 is 51.4 Å². The minimum absolute atomic E-state index is 0.0414. The van der Waals surface area contributed by atoms with Crippen molar-refractivity contribution in [1.29, 1.82) is 0 Å². The van der Waals surface area contributed by atoms with Crippen LogP contribution >= 0.6 is 23.5 Å². The number of hydrogen-bond donors (Lipinski definition) is 3. The number of carboxylic acid groups (broad SMARTS) is 1. The molecule has 2 amide bonds. The fraction of sp³-hybridized carbons (Fsp3) is 0.462. The van der Waals surface area contributed by atoms with Crippen LogP contribution in [0, 0.1) is 0 Å². The van der Waals surface area contributed by atoms with E-state index < -0.39 is 45.2 Å². The maximum atomic E-state index is 12.7. The second-order valence-corrected chi connectivity index (χ2v) is 10.1. The van der Waals surface area contributed by atoms with E-state index in [2.05, 4.69) is 36.4 Å². The van der Waals surface area contributed by atoms with Gasteiger partial charge in [0.15, 0.2) is 5.88 Å². The maximum Gasteiger partial charge on any atom is 0.352 e. The van der Waals surface area contributed by atoms with Gasteiger partial charge >= 0.3 is 5.97 Å². The molecular weight excluding hydrogens is 504 g/mol. The predicted octanol–water partition coefficient (Wildman–Crippen LogP) is -2.96. The van der Waals surface area contributed by atoms with Crippen molar-refractivity contribution in [2.24, 2.45) is 0 Å². The number of thioether (sulfide) groups is 2. The third-order valence-electron chi connectivity index (χ3n) is 4.42. The highest BCUT2D eigenvalue weighted by molar-refractivity contribution is 8.01. The number of β-lactam (4-membered cyclic amide) rings is 1. The molecule has 0 spiro atoms. The van der Waals surface area contributed by atoms with Crippen LogP contribution in [0.2, 0.25) is 0 Å². The van der Waals surface area contributed by atoms with Gasteiger partial charge in [0.2, 0.25) is 11.1 Å². The highest BCUT2D eigenvalue weighted by atomic mass is 32.2. The molecule has 20 heteroatoms. The van der Waals surface area contributed by atoms with Gasteiger partial charge in [-0.3, -0.25) is 19.0 Å². The lowest BCUT2D eigenvalue weighted by Gasteiger charge is -2.49. The van der Waals surface area contributed by atoms with E-state index in [1.165, 1.54) is 22.8 Å². The number of hydrogen-bond acceptors (Lipinski definition) is 13. The van der Waals surface area contributed by atoms with E-state index in [0.717, 1.165) is 21.3 Å². The van der Waals surface area contributed by atoms with Gasteiger partial charge in [0, 0.05) is 11.5 Å². The summed E-state index contributed by atoms with van der Waals surface area (Å²) >= 11 is 2.22. The third kappa shape index (κ3) is 4.96. The molecule has 0 saturated carbocycles. The minimum Gasteiger partial charge on any atom is -0.477 e. The molecule has 0 radical (unpaired) electrons. The first-order valence-electron chi connectivity index (χ1n) is 8.88. The van der Waals surface area contributed by atoms with Gasteiger partial charge in [-0.05, 0) is 26.4 Å². The number of carbonyl (C=O) groups is 3. The summed E-state index contributed by atoms with van der Waals surface area (Å²) in [5, 5.41) is 32.6. The monoisotopic (exact) mass is 518 g/mol. The summed E-state index contributed by atoms with van der Waals surface area (Å²) in [6.45, 7) is -0.198. The van der Waals surface area contributed by atoms with Crippen molar-refractivity contribution in [2.75, 3.05) is 11.5 Å². The zero-order chi connectivity index (χ0) is 23.8. The van der Waals surface area contributed by atoms with Gasteiger partial charge in [-0.15, -0.1) is 22.0 Å². The van der Waals surface area contributed by atoms with Gasteiger partial charge in [0.05, 0.1) is 0 Å². The fourth-order valence-corrected chi connectivity index (χ4v) is 6.03. The predicted molar refractivity (Wildman–Crippen MR) is 108 cm³/mol. The number of carbonyl (C=O) groups excluding carboxylic acids is 2. The van der Waals surface area contributed by atoms with E-state index in [4.69, 9.17) is 4.55 Å². The average Bonchev–Trinajstić information content (AvgIpc) is 3.40. The van der Waals surface area contributed by atoms with Crippen LogP contribution in [0.25, 0.3) is 0 Å². The van der Waals surface area contributed by atoms with Crippen molar-refractivity contribution in [1.82, 2.24) is 50.6 Å². The average molecular weight is 519 g/mol. The highest BCUT2D eigenvalue weighted by Crippen LogP contribution is 2.41. The molecule has 2 aliphatic rings. The van der Waals surface area contributed by atoms with Crippen LogP contribution in [-0.4, -0.2) is 104 Å². The van der Waals surface area contributed by atoms with E-state index in [1.807, 2.05) is 0 Å². The first-order valence-corrected chi connectivity index (χ1v) is 12.5. The number of rotatable bonds is 9. The van der Waals surface area contributed by atoms with Gasteiger partial charge in [-0.2, -0.15) is 8.42 Å². The molecule has 1 saturated heterocycles. The zero-order valence-electron chi connectivity index (χ0n) is 16.2. The molecule has 0 bridgehead atoms. The molecule has 4 rings (SSSR count). The number of amides is 2. The van der Waals surface area contributed by atoms with Gasteiger partial charge in [0.1, 0.15) is 30.0 Å². The normalized spacial score (nSPS) is 20.4. The minimum atomic E-state index is -4.39. The van der Waals surface area contributed by atoms with Crippen LogP contribution in [-0.2, 0) is 36.9 Å². The van der Waals surface area contributed by atoms with Crippen LogP contribution in [0.15, 0.2) is 22.8 Å². The molecule has 0 aliphatic carbocycles. The summed E-state index contributed by atoms with van der Waals surface area (Å²) in [6, 6.07) is -0.899. The largest absolute Gasteiger partial charge is 0.477 e. The van der Waals surface area contributed by atoms with E-state index in [1.54, 1.807) is 0 Å². The Labute approximate surface area is 192 Å². The molecule has 2 aliphatic heterocycles. The fourth-order valence-electron chi connectivity index (χ4n) is 3.10. The molecule has 17 nitrogen and oxygen atoms in total. The molecule has 3 N–H and O–H groups in total. The van der Waals surface area contributed by atoms with Gasteiger partial charge < -0.3 is 10.4 Å². The van der Waals surface area contributed by atoms with E-state index >= 15 is 0 Å². The van der Waals surface area contributed by atoms with Gasteiger partial charge in [-0.1, -0.05) is 11.8 Å². The number of fused-ring (bicyclic) bond motifs is 1. The lowest BCUT2D eigenvalue weighted by Crippen LogP contribution is -2.70. The zero-order valence-corrected chi connectivity index (χ0v) is 18.7. The first kappa shape index (κ1) is 23.1. The smallest absolute Gasteiger partial charge is 0.352 e. The summed E-state index contributed by atoms with van der Waals surface area (Å²) in [6.07, 6.45) is 1.24. The lowest BCUT2D eigenvalue weighted by atomic mass is 10.0. The second-order valence-electron chi connectivity index (χ2n) is 6.68. The SMILES string of the molecule is O=C(Cn1cnnn1)NC1C(=O)N2C(C(=O)O)=C(CSc3nnnn3CS(=O)(=O)O)CS[C@H]12. The molecule has 1 fully saturated rings. The summed E-state index contributed by atoms with van der Waals surface area (Å²) in [5.74, 6) is -2.97. The number of tetrazole rings is 2. The Morgan fingerprint density at radius 1 is 1.30 bits per heavy atom. The number of aromatic nitrogens is 8. The van der Waals surface area contributed by atoms with Crippen molar-refractivity contribution in [3.05, 3.63) is 17.6 Å². The molecule has 4 heterocycles. The summed E-state index contributed by atoms with van der Waals surface area (Å²) in [5.41, 5.74) is 0.179. The Kier molecular flexibility index (Phi) is 6.32. The van der Waals surface area contributed by atoms with Crippen molar-refractivity contribution < 1.29 is 32.5 Å². The molecule has 2 aromatic rings. The highest BCUT2D eigenvalue weighted by Gasteiger charge is 2.54. The number of carboxylic acids is 1. The third-order valence-corrected chi connectivity index (χ3v) is 7.38. The Bertz CT molecular complexity index is 1230. The van der Waals surface area contributed by atoms with Gasteiger partial charge in [0.25, 0.3) is 16.0 Å². The lowest BCUT2D eigenvalue weighted by molar-refractivity contribution is -0.150. The Hall–Kier alpha value is -3.10. The quantitative estimate of drug-likeness (QED) is 0.171. The van der Waals surface area contributed by atoms with Crippen LogP contribution in [0.1, 0.15) is 0 Å². The van der Waals surface area contributed by atoms with Crippen molar-refractivity contribution in [2.45, 2.75) is 29.0 Å². The molecule has 1 unspecified atom stereocenters. The van der Waals surface area contributed by atoms with Crippen LogP contribution in [0.4, 0.5) is 0 Å². The summed E-state index contributed by atoms with van der Waals surface area (Å²) in [7, 11) is -4.39. The molecule has 33 heavy (non-hydrogen) atoms. The first-order chi connectivity index (χ1) is 15.6. The van der Waals surface area contributed by atoms with Crippen molar-refractivity contribution in [3.8, 4) is 0 Å². The molecule has 2 aromatic heterocycles. The molecular formula is C13H14N10O7S3. The number of nitrogens with one attached hydrogen (secondary N) is 1. The Morgan fingerprint density at radius 2 is 2.09 bits per heavy atom. The summed E-state index contributed by atoms with van der Waals surface area (Å²) in [4.78, 5) is 37.8. The van der Waals surface area contributed by atoms with Crippen molar-refractivity contribution in [3.63, 3.8) is 0 Å². The van der Waals surface area contributed by atoms with Gasteiger partial charge in [-0.25, -0.2) is 14.2 Å². The maximum absolute atomic E-state index is 12.7. The molecule has 0 aromatic carbocycles. The second kappa shape index (κ2) is 9.03. The van der Waals surface area contributed by atoms with Crippen LogP contribution in [0.5, 0.6) is 0 Å². The standard InChI is InChI=1S/C13H14N10O7S3/c24-7(1-21-4-14-17-19-21)15-8-10(25)23-9(12(26)27)6(2-31-11(8)23)3-32-13-16-18-20-22(13)5-33(28,29)30/h4,8,11H,1-3,5H2,(H,15,24)(H,26,27)(H,28,29,30)/t8?,11-/m1/s1. The van der Waals surface area contributed by atoms with Crippen LogP contribution < -0.4 is 5.32 Å². The molecule has 2 atom stereocenters. The van der Waals surface area contributed by atoms with Crippen LogP contribution in [0.3, 0.4) is 0 Å². The topological polar surface area (TPSA) is 228 Å². The molecule has 176 valence electrons.